The van der Waals surface area contributed by atoms with Crippen LogP contribution in [0.3, 0.4) is 0 Å². The fourth-order valence-corrected chi connectivity index (χ4v) is 4.00. The molecule has 0 aromatic heterocycles. The number of aldehydes is 1. The SMILES string of the molecule is CC(C)=CCc1cc2c(c(C=O)c1O)C1C(O)CCC1C(C)O2. The number of benzene rings is 1. The Bertz CT molecular complexity index is 658. The van der Waals surface area contributed by atoms with Gasteiger partial charge in [-0.05, 0) is 46.1 Å². The number of ether oxygens (including phenoxy) is 1. The van der Waals surface area contributed by atoms with E-state index >= 15 is 0 Å². The van der Waals surface area contributed by atoms with Crippen molar-refractivity contribution in [3.63, 3.8) is 0 Å². The summed E-state index contributed by atoms with van der Waals surface area (Å²) >= 11 is 0. The first-order valence-electron chi connectivity index (χ1n) is 8.26. The Morgan fingerprint density at radius 3 is 2.78 bits per heavy atom. The van der Waals surface area contributed by atoms with Gasteiger partial charge in [-0.25, -0.2) is 0 Å². The third-order valence-corrected chi connectivity index (χ3v) is 5.19. The van der Waals surface area contributed by atoms with Crippen LogP contribution in [0, 0.1) is 5.92 Å². The molecule has 0 saturated heterocycles. The Labute approximate surface area is 136 Å². The lowest BCUT2D eigenvalue weighted by Crippen LogP contribution is -2.34. The molecule has 1 fully saturated rings. The van der Waals surface area contributed by atoms with Crippen molar-refractivity contribution in [3.05, 3.63) is 34.4 Å². The molecule has 1 aromatic carbocycles. The van der Waals surface area contributed by atoms with E-state index in [0.29, 0.717) is 36.0 Å². The number of hydrogen-bond acceptors (Lipinski definition) is 4. The highest BCUT2D eigenvalue weighted by Crippen LogP contribution is 2.52. The maximum atomic E-state index is 11.7. The zero-order valence-corrected chi connectivity index (χ0v) is 13.9. The summed E-state index contributed by atoms with van der Waals surface area (Å²) in [5.41, 5.74) is 2.80. The van der Waals surface area contributed by atoms with Crippen LogP contribution in [0.1, 0.15) is 61.0 Å². The number of carbonyl (C=O) groups excluding carboxylic acids is 1. The summed E-state index contributed by atoms with van der Waals surface area (Å²) < 4.78 is 6.04. The normalized spacial score (nSPS) is 28.5. The zero-order valence-electron chi connectivity index (χ0n) is 13.9. The summed E-state index contributed by atoms with van der Waals surface area (Å²) in [5, 5.41) is 20.9. The molecule has 4 atom stereocenters. The number of aromatic hydroxyl groups is 1. The Morgan fingerprint density at radius 2 is 2.13 bits per heavy atom. The molecular weight excluding hydrogens is 292 g/mol. The van der Waals surface area contributed by atoms with Gasteiger partial charge in [0.15, 0.2) is 6.29 Å². The van der Waals surface area contributed by atoms with Gasteiger partial charge in [0, 0.05) is 23.0 Å². The van der Waals surface area contributed by atoms with E-state index < -0.39 is 6.10 Å². The minimum absolute atomic E-state index is 0.00463. The van der Waals surface area contributed by atoms with E-state index in [4.69, 9.17) is 4.74 Å². The molecule has 1 aliphatic carbocycles. The van der Waals surface area contributed by atoms with E-state index in [1.54, 1.807) is 0 Å². The number of phenols is 1. The monoisotopic (exact) mass is 316 g/mol. The van der Waals surface area contributed by atoms with E-state index in [2.05, 4.69) is 0 Å². The van der Waals surface area contributed by atoms with E-state index in [-0.39, 0.29) is 29.3 Å². The highest BCUT2D eigenvalue weighted by molar-refractivity contribution is 5.85. The number of rotatable bonds is 3. The fraction of sp³-hybridized carbons (Fsp3) is 0.526. The van der Waals surface area contributed by atoms with Crippen LogP contribution in [0.15, 0.2) is 17.7 Å². The van der Waals surface area contributed by atoms with E-state index in [9.17, 15) is 15.0 Å². The summed E-state index contributed by atoms with van der Waals surface area (Å²) in [6.07, 6.45) is 4.37. The number of fused-ring (bicyclic) bond motifs is 3. The van der Waals surface area contributed by atoms with Crippen LogP contribution in [0.4, 0.5) is 0 Å². The van der Waals surface area contributed by atoms with Crippen LogP contribution in [0.25, 0.3) is 0 Å². The molecule has 1 saturated carbocycles. The lowest BCUT2D eigenvalue weighted by Gasteiger charge is -2.36. The third kappa shape index (κ3) is 2.65. The first-order chi connectivity index (χ1) is 10.9. The number of aliphatic hydroxyl groups is 1. The average Bonchev–Trinajstić information content (AvgIpc) is 2.88. The molecule has 2 N–H and O–H groups in total. The standard InChI is InChI=1S/C19H24O4/c1-10(2)4-5-12-8-16-18(14(9-20)19(12)22)17-13(11(3)23-16)6-7-15(17)21/h4,8-9,11,13,15,17,21-22H,5-7H2,1-3H3. The van der Waals surface area contributed by atoms with Gasteiger partial charge in [0.05, 0.1) is 17.8 Å². The van der Waals surface area contributed by atoms with Crippen molar-refractivity contribution in [3.8, 4) is 11.5 Å². The molecule has 1 aliphatic heterocycles. The number of hydrogen-bond donors (Lipinski definition) is 2. The predicted octanol–water partition coefficient (Wildman–Crippen LogP) is 3.35. The molecule has 4 unspecified atom stereocenters. The van der Waals surface area contributed by atoms with Gasteiger partial charge < -0.3 is 14.9 Å². The van der Waals surface area contributed by atoms with Crippen molar-refractivity contribution < 1.29 is 19.7 Å². The molecule has 4 heteroatoms. The largest absolute Gasteiger partial charge is 0.507 e. The van der Waals surface area contributed by atoms with Crippen LogP contribution in [-0.4, -0.2) is 28.7 Å². The topological polar surface area (TPSA) is 66.8 Å². The molecule has 23 heavy (non-hydrogen) atoms. The van der Waals surface area contributed by atoms with Gasteiger partial charge in [-0.1, -0.05) is 11.6 Å². The summed E-state index contributed by atoms with van der Waals surface area (Å²) in [7, 11) is 0. The lowest BCUT2D eigenvalue weighted by atomic mass is 9.79. The minimum atomic E-state index is -0.480. The van der Waals surface area contributed by atoms with Crippen molar-refractivity contribution >= 4 is 6.29 Å². The molecule has 3 rings (SSSR count). The summed E-state index contributed by atoms with van der Waals surface area (Å²) in [6.45, 7) is 6.00. The summed E-state index contributed by atoms with van der Waals surface area (Å²) in [5.74, 6) is 0.723. The van der Waals surface area contributed by atoms with Gasteiger partial charge in [0.25, 0.3) is 0 Å². The molecular formula is C19H24O4. The minimum Gasteiger partial charge on any atom is -0.507 e. The van der Waals surface area contributed by atoms with Crippen molar-refractivity contribution in [2.24, 2.45) is 5.92 Å². The Kier molecular flexibility index (Phi) is 4.19. The number of carbonyl (C=O) groups is 1. The maximum absolute atomic E-state index is 11.7. The molecule has 1 aromatic rings. The molecule has 0 amide bonds. The van der Waals surface area contributed by atoms with Crippen LogP contribution >= 0.6 is 0 Å². The van der Waals surface area contributed by atoms with Gasteiger partial charge in [0.2, 0.25) is 0 Å². The Hall–Kier alpha value is -1.81. The van der Waals surface area contributed by atoms with Crippen molar-refractivity contribution in [2.75, 3.05) is 0 Å². The maximum Gasteiger partial charge on any atom is 0.154 e. The first kappa shape index (κ1) is 16.1. The molecule has 2 aliphatic rings. The zero-order chi connectivity index (χ0) is 16.7. The highest BCUT2D eigenvalue weighted by Gasteiger charge is 2.46. The second-order valence-corrected chi connectivity index (χ2v) is 6.97. The van der Waals surface area contributed by atoms with Crippen LogP contribution in [0.5, 0.6) is 11.5 Å². The fourth-order valence-electron chi connectivity index (χ4n) is 4.00. The smallest absolute Gasteiger partial charge is 0.154 e. The average molecular weight is 316 g/mol. The number of phenolic OH excluding ortho intramolecular Hbond substituents is 1. The summed E-state index contributed by atoms with van der Waals surface area (Å²) in [4.78, 5) is 11.7. The molecule has 0 bridgehead atoms. The van der Waals surface area contributed by atoms with Crippen LogP contribution < -0.4 is 4.74 Å². The number of aliphatic hydroxyl groups excluding tert-OH is 1. The van der Waals surface area contributed by atoms with Crippen molar-refractivity contribution in [1.29, 1.82) is 0 Å². The van der Waals surface area contributed by atoms with E-state index in [1.807, 2.05) is 32.9 Å². The quantitative estimate of drug-likeness (QED) is 0.663. The van der Waals surface area contributed by atoms with Gasteiger partial charge in [-0.15, -0.1) is 0 Å². The molecule has 0 spiro atoms. The van der Waals surface area contributed by atoms with Gasteiger partial charge in [-0.3, -0.25) is 4.79 Å². The summed E-state index contributed by atoms with van der Waals surface area (Å²) in [6, 6.07) is 1.83. The van der Waals surface area contributed by atoms with E-state index in [0.717, 1.165) is 12.0 Å². The van der Waals surface area contributed by atoms with Crippen LogP contribution in [-0.2, 0) is 6.42 Å². The molecule has 0 radical (unpaired) electrons. The van der Waals surface area contributed by atoms with Gasteiger partial charge >= 0.3 is 0 Å². The number of allylic oxidation sites excluding steroid dienone is 2. The lowest BCUT2D eigenvalue weighted by molar-refractivity contribution is 0.0823. The second-order valence-electron chi connectivity index (χ2n) is 6.97. The van der Waals surface area contributed by atoms with Gasteiger partial charge in [0.1, 0.15) is 11.5 Å². The van der Waals surface area contributed by atoms with Crippen LogP contribution in [0.2, 0.25) is 0 Å². The van der Waals surface area contributed by atoms with Crippen molar-refractivity contribution in [2.45, 2.75) is 58.2 Å². The Morgan fingerprint density at radius 1 is 1.39 bits per heavy atom. The molecule has 4 nitrogen and oxygen atoms in total. The Balaban J connectivity index is 2.14. The molecule has 1 heterocycles. The molecule has 124 valence electrons. The van der Waals surface area contributed by atoms with Crippen molar-refractivity contribution in [1.82, 2.24) is 0 Å². The predicted molar refractivity (Wildman–Crippen MR) is 88.2 cm³/mol. The third-order valence-electron chi connectivity index (χ3n) is 5.19. The van der Waals surface area contributed by atoms with E-state index in [1.165, 1.54) is 0 Å². The highest BCUT2D eigenvalue weighted by atomic mass is 16.5. The van der Waals surface area contributed by atoms with Gasteiger partial charge in [-0.2, -0.15) is 0 Å². The second kappa shape index (κ2) is 6.00. The first-order valence-corrected chi connectivity index (χ1v) is 8.26.